The van der Waals surface area contributed by atoms with E-state index in [1.54, 1.807) is 0 Å². The van der Waals surface area contributed by atoms with Gasteiger partial charge in [0.2, 0.25) is 0 Å². The van der Waals surface area contributed by atoms with Crippen LogP contribution in [0.5, 0.6) is 0 Å². The molecular formula is C13H26N2O. The fourth-order valence-corrected chi connectivity index (χ4v) is 3.18. The molecule has 3 fully saturated rings. The van der Waals surface area contributed by atoms with Crippen molar-refractivity contribution in [3.63, 3.8) is 0 Å². The Hall–Kier alpha value is -0.120. The molecule has 3 heterocycles. The van der Waals surface area contributed by atoms with Gasteiger partial charge in [0.25, 0.3) is 0 Å². The minimum atomic E-state index is 0.303. The summed E-state index contributed by atoms with van der Waals surface area (Å²) in [5.74, 6) is 1.49. The normalized spacial score (nSPS) is 35.6. The van der Waals surface area contributed by atoms with Crippen molar-refractivity contribution in [3.05, 3.63) is 0 Å². The van der Waals surface area contributed by atoms with Gasteiger partial charge in [-0.3, -0.25) is 0 Å². The molecule has 16 heavy (non-hydrogen) atoms. The summed E-state index contributed by atoms with van der Waals surface area (Å²) in [4.78, 5) is 2.58. The number of hydrogen-bond donors (Lipinski definition) is 2. The van der Waals surface area contributed by atoms with Crippen LogP contribution in [-0.2, 0) is 0 Å². The molecule has 0 aromatic rings. The van der Waals surface area contributed by atoms with Gasteiger partial charge in [0.15, 0.2) is 0 Å². The molecule has 94 valence electrons. The fraction of sp³-hybridized carbons (Fsp3) is 1.00. The van der Waals surface area contributed by atoms with Crippen molar-refractivity contribution in [3.8, 4) is 0 Å². The second-order valence-electron chi connectivity index (χ2n) is 5.77. The first-order valence-corrected chi connectivity index (χ1v) is 6.80. The number of rotatable bonds is 5. The molecule has 0 amide bonds. The summed E-state index contributed by atoms with van der Waals surface area (Å²) in [6.07, 6.45) is 3.62. The van der Waals surface area contributed by atoms with Gasteiger partial charge in [0.05, 0.1) is 0 Å². The molecule has 0 radical (unpaired) electrons. The van der Waals surface area contributed by atoms with Gasteiger partial charge < -0.3 is 15.3 Å². The van der Waals surface area contributed by atoms with E-state index in [4.69, 9.17) is 5.11 Å². The van der Waals surface area contributed by atoms with Crippen molar-refractivity contribution >= 4 is 0 Å². The molecule has 2 bridgehead atoms. The maximum atomic E-state index is 9.10. The number of aliphatic hydroxyl groups excluding tert-OH is 1. The number of piperidine rings is 3. The minimum absolute atomic E-state index is 0.303. The van der Waals surface area contributed by atoms with Crippen LogP contribution in [-0.4, -0.2) is 48.3 Å². The minimum Gasteiger partial charge on any atom is -0.396 e. The third-order valence-electron chi connectivity index (χ3n) is 4.33. The van der Waals surface area contributed by atoms with E-state index in [0.29, 0.717) is 24.6 Å². The van der Waals surface area contributed by atoms with E-state index < -0.39 is 0 Å². The van der Waals surface area contributed by atoms with Gasteiger partial charge in [-0.15, -0.1) is 0 Å². The Morgan fingerprint density at radius 1 is 1.31 bits per heavy atom. The van der Waals surface area contributed by atoms with Gasteiger partial charge >= 0.3 is 0 Å². The Labute approximate surface area is 99.2 Å². The maximum Gasteiger partial charge on any atom is 0.0445 e. The molecule has 3 saturated heterocycles. The summed E-state index contributed by atoms with van der Waals surface area (Å²) >= 11 is 0. The third-order valence-corrected chi connectivity index (χ3v) is 4.33. The quantitative estimate of drug-likeness (QED) is 0.736. The molecule has 0 aliphatic carbocycles. The van der Waals surface area contributed by atoms with Gasteiger partial charge in [-0.1, -0.05) is 13.8 Å². The van der Waals surface area contributed by atoms with E-state index in [9.17, 15) is 0 Å². The van der Waals surface area contributed by atoms with Crippen LogP contribution < -0.4 is 5.32 Å². The molecule has 3 rings (SSSR count). The summed E-state index contributed by atoms with van der Waals surface area (Å²) in [7, 11) is 0. The molecule has 3 aliphatic heterocycles. The highest BCUT2D eigenvalue weighted by molar-refractivity contribution is 4.92. The molecule has 2 unspecified atom stereocenters. The van der Waals surface area contributed by atoms with E-state index in [0.717, 1.165) is 12.3 Å². The monoisotopic (exact) mass is 226 g/mol. The standard InChI is InChI=1S/C13H26N2O/c1-10(2)12(5-8-16)14-13-9-15-6-3-11(13)4-7-15/h10-14,16H,3-9H2,1-2H3. The lowest BCUT2D eigenvalue weighted by Gasteiger charge is -2.46. The van der Waals surface area contributed by atoms with Crippen LogP contribution in [0.3, 0.4) is 0 Å². The average molecular weight is 226 g/mol. The lowest BCUT2D eigenvalue weighted by molar-refractivity contribution is 0.0609. The Morgan fingerprint density at radius 3 is 2.44 bits per heavy atom. The zero-order valence-electron chi connectivity index (χ0n) is 10.7. The summed E-state index contributed by atoms with van der Waals surface area (Å²) in [6.45, 7) is 8.62. The Kier molecular flexibility index (Phi) is 4.22. The highest BCUT2D eigenvalue weighted by Crippen LogP contribution is 2.28. The second-order valence-corrected chi connectivity index (χ2v) is 5.77. The molecule has 3 nitrogen and oxygen atoms in total. The van der Waals surface area contributed by atoms with Crippen LogP contribution in [0.25, 0.3) is 0 Å². The Balaban J connectivity index is 1.87. The number of nitrogens with one attached hydrogen (secondary N) is 1. The van der Waals surface area contributed by atoms with Crippen LogP contribution in [0, 0.1) is 11.8 Å². The summed E-state index contributed by atoms with van der Waals surface area (Å²) in [6, 6.07) is 1.15. The molecule has 0 aromatic carbocycles. The van der Waals surface area contributed by atoms with Crippen LogP contribution >= 0.6 is 0 Å². The second kappa shape index (κ2) is 5.48. The first-order valence-electron chi connectivity index (χ1n) is 6.80. The predicted molar refractivity (Wildman–Crippen MR) is 66.4 cm³/mol. The number of fused-ring (bicyclic) bond motifs is 3. The van der Waals surface area contributed by atoms with Gasteiger partial charge in [0, 0.05) is 25.2 Å². The smallest absolute Gasteiger partial charge is 0.0445 e. The highest BCUT2D eigenvalue weighted by Gasteiger charge is 2.35. The molecule has 3 heteroatoms. The lowest BCUT2D eigenvalue weighted by atomic mass is 9.83. The number of hydrogen-bond acceptors (Lipinski definition) is 3. The lowest BCUT2D eigenvalue weighted by Crippen LogP contribution is -2.58. The van der Waals surface area contributed by atoms with Crippen molar-refractivity contribution in [1.82, 2.24) is 10.2 Å². The van der Waals surface area contributed by atoms with Crippen LogP contribution in [0.15, 0.2) is 0 Å². The molecule has 3 aliphatic rings. The van der Waals surface area contributed by atoms with E-state index >= 15 is 0 Å². The first kappa shape index (κ1) is 12.3. The third kappa shape index (κ3) is 2.76. The maximum absolute atomic E-state index is 9.10. The molecule has 0 saturated carbocycles. The summed E-state index contributed by atoms with van der Waals surface area (Å²) < 4.78 is 0. The SMILES string of the molecule is CC(C)C(CCO)NC1CN2CCC1CC2. The summed E-state index contributed by atoms with van der Waals surface area (Å²) in [5.41, 5.74) is 0. The zero-order chi connectivity index (χ0) is 11.5. The van der Waals surface area contributed by atoms with Gasteiger partial charge in [-0.2, -0.15) is 0 Å². The van der Waals surface area contributed by atoms with E-state index in [-0.39, 0.29) is 0 Å². The highest BCUT2D eigenvalue weighted by atomic mass is 16.3. The zero-order valence-corrected chi connectivity index (χ0v) is 10.7. The van der Waals surface area contributed by atoms with E-state index in [1.807, 2.05) is 0 Å². The Bertz CT molecular complexity index is 212. The van der Waals surface area contributed by atoms with Crippen molar-refractivity contribution in [1.29, 1.82) is 0 Å². The van der Waals surface area contributed by atoms with E-state index in [2.05, 4.69) is 24.1 Å². The van der Waals surface area contributed by atoms with Crippen LogP contribution in [0.2, 0.25) is 0 Å². The van der Waals surface area contributed by atoms with Gasteiger partial charge in [-0.05, 0) is 44.2 Å². The topological polar surface area (TPSA) is 35.5 Å². The predicted octanol–water partition coefficient (Wildman–Crippen LogP) is 1.08. The molecule has 0 aromatic heterocycles. The molecular weight excluding hydrogens is 200 g/mol. The van der Waals surface area contributed by atoms with Crippen LogP contribution in [0.4, 0.5) is 0 Å². The van der Waals surface area contributed by atoms with Crippen molar-refractivity contribution in [2.24, 2.45) is 11.8 Å². The van der Waals surface area contributed by atoms with Gasteiger partial charge in [0.1, 0.15) is 0 Å². The molecule has 2 atom stereocenters. The Morgan fingerprint density at radius 2 is 2.00 bits per heavy atom. The number of aliphatic hydroxyl groups is 1. The summed E-state index contributed by atoms with van der Waals surface area (Å²) in [5, 5.41) is 12.9. The van der Waals surface area contributed by atoms with E-state index in [1.165, 1.54) is 32.5 Å². The fourth-order valence-electron chi connectivity index (χ4n) is 3.18. The average Bonchev–Trinajstić information content (AvgIpc) is 2.30. The largest absolute Gasteiger partial charge is 0.396 e. The number of nitrogens with zero attached hydrogens (tertiary/aromatic N) is 1. The first-order chi connectivity index (χ1) is 7.70. The van der Waals surface area contributed by atoms with Gasteiger partial charge in [-0.25, -0.2) is 0 Å². The van der Waals surface area contributed by atoms with Crippen LogP contribution in [0.1, 0.15) is 33.1 Å². The molecule has 2 N–H and O–H groups in total. The van der Waals surface area contributed by atoms with Crippen molar-refractivity contribution < 1.29 is 5.11 Å². The van der Waals surface area contributed by atoms with Crippen molar-refractivity contribution in [2.45, 2.75) is 45.2 Å². The molecule has 0 spiro atoms. The van der Waals surface area contributed by atoms with Crippen molar-refractivity contribution in [2.75, 3.05) is 26.2 Å².